The van der Waals surface area contributed by atoms with Crippen molar-refractivity contribution < 1.29 is 14.3 Å². The summed E-state index contributed by atoms with van der Waals surface area (Å²) in [6.07, 6.45) is 0.578. The zero-order chi connectivity index (χ0) is 23.5. The first-order valence-electron chi connectivity index (χ1n) is 10.1. The number of nitrogens with two attached hydrogens (primary N) is 1. The molecule has 4 aromatic rings. The summed E-state index contributed by atoms with van der Waals surface area (Å²) < 4.78 is 14.2. The van der Waals surface area contributed by atoms with Crippen LogP contribution in [0.5, 0.6) is 11.5 Å². The standard InChI is InChI=1S/C22H23N5O4S2/c1-13-10-18(23)25-27(13)19(28)12-33-22-24-15-7-9-32-20(15)21(29)26(22)8-6-14-4-5-16(30-2)17(11-14)31-3/h4-5,7,9-11H,6,8,12H2,1-3H3,(H2,23,25). The molecule has 0 amide bonds. The van der Waals surface area contributed by atoms with Crippen LogP contribution in [0.15, 0.2) is 45.7 Å². The summed E-state index contributed by atoms with van der Waals surface area (Å²) in [7, 11) is 3.17. The van der Waals surface area contributed by atoms with Gasteiger partial charge in [-0.3, -0.25) is 14.2 Å². The smallest absolute Gasteiger partial charge is 0.272 e. The van der Waals surface area contributed by atoms with Gasteiger partial charge in [0, 0.05) is 18.3 Å². The second kappa shape index (κ2) is 9.67. The van der Waals surface area contributed by atoms with Crippen molar-refractivity contribution in [3.63, 3.8) is 0 Å². The van der Waals surface area contributed by atoms with Crippen LogP contribution in [0.3, 0.4) is 0 Å². The molecule has 0 radical (unpaired) electrons. The van der Waals surface area contributed by atoms with E-state index in [1.807, 2.05) is 29.6 Å². The van der Waals surface area contributed by atoms with Crippen LogP contribution in [0, 0.1) is 6.92 Å². The summed E-state index contributed by atoms with van der Waals surface area (Å²) in [5, 5.41) is 6.36. The number of hydrogen-bond acceptors (Lipinski definition) is 9. The number of carbonyl (C=O) groups is 1. The topological polar surface area (TPSA) is 114 Å². The lowest BCUT2D eigenvalue weighted by Crippen LogP contribution is -2.24. The zero-order valence-electron chi connectivity index (χ0n) is 18.4. The van der Waals surface area contributed by atoms with Crippen LogP contribution in [0.4, 0.5) is 5.82 Å². The molecule has 4 rings (SSSR count). The van der Waals surface area contributed by atoms with Gasteiger partial charge in [0.05, 0.1) is 25.5 Å². The van der Waals surface area contributed by atoms with Gasteiger partial charge in [0.15, 0.2) is 16.7 Å². The number of methoxy groups -OCH3 is 2. The van der Waals surface area contributed by atoms with Crippen molar-refractivity contribution >= 4 is 45.0 Å². The molecule has 1 aromatic carbocycles. The Kier molecular flexibility index (Phi) is 6.70. The van der Waals surface area contributed by atoms with Crippen LogP contribution in [0.1, 0.15) is 16.1 Å². The lowest BCUT2D eigenvalue weighted by molar-refractivity contribution is 0.0924. The molecule has 0 aliphatic heterocycles. The number of thiophene rings is 1. The molecule has 0 aliphatic carbocycles. The lowest BCUT2D eigenvalue weighted by atomic mass is 10.1. The van der Waals surface area contributed by atoms with Gasteiger partial charge in [-0.05, 0) is 42.5 Å². The zero-order valence-corrected chi connectivity index (χ0v) is 20.0. The third-order valence-corrected chi connectivity index (χ3v) is 6.92. The minimum absolute atomic E-state index is 0.0698. The van der Waals surface area contributed by atoms with Crippen molar-refractivity contribution in [2.24, 2.45) is 0 Å². The Morgan fingerprint density at radius 3 is 2.67 bits per heavy atom. The molecule has 0 saturated carbocycles. The Bertz CT molecular complexity index is 1380. The number of benzene rings is 1. The number of ether oxygens (including phenoxy) is 2. The van der Waals surface area contributed by atoms with E-state index in [0.29, 0.717) is 45.5 Å². The van der Waals surface area contributed by atoms with Gasteiger partial charge in [0.2, 0.25) is 0 Å². The number of fused-ring (bicyclic) bond motifs is 1. The van der Waals surface area contributed by atoms with Gasteiger partial charge in [-0.25, -0.2) is 9.67 Å². The van der Waals surface area contributed by atoms with E-state index in [4.69, 9.17) is 15.2 Å². The minimum Gasteiger partial charge on any atom is -0.493 e. The van der Waals surface area contributed by atoms with E-state index < -0.39 is 0 Å². The first kappa shape index (κ1) is 22.9. The summed E-state index contributed by atoms with van der Waals surface area (Å²) in [5.41, 5.74) is 7.84. The van der Waals surface area contributed by atoms with Gasteiger partial charge >= 0.3 is 0 Å². The molecule has 2 N–H and O–H groups in total. The molecular weight excluding hydrogens is 462 g/mol. The highest BCUT2D eigenvalue weighted by Gasteiger charge is 2.17. The predicted octanol–water partition coefficient (Wildman–Crippen LogP) is 3.24. The van der Waals surface area contributed by atoms with Gasteiger partial charge in [-0.2, -0.15) is 0 Å². The maximum atomic E-state index is 13.2. The number of nitrogens with zero attached hydrogens (tertiary/aromatic N) is 4. The Labute approximate surface area is 198 Å². The second-order valence-electron chi connectivity index (χ2n) is 7.23. The van der Waals surface area contributed by atoms with E-state index in [1.54, 1.807) is 31.8 Å². The third-order valence-electron chi connectivity index (χ3n) is 5.07. The molecule has 11 heteroatoms. The highest BCUT2D eigenvalue weighted by atomic mass is 32.2. The number of hydrogen-bond donors (Lipinski definition) is 1. The van der Waals surface area contributed by atoms with Crippen LogP contribution in [-0.4, -0.2) is 45.2 Å². The summed E-state index contributed by atoms with van der Waals surface area (Å²) in [5.74, 6) is 1.39. The fourth-order valence-corrected chi connectivity index (χ4v) is 5.09. The Hall–Kier alpha value is -3.31. The molecule has 0 bridgehead atoms. The van der Waals surface area contributed by atoms with Crippen LogP contribution in [0.25, 0.3) is 10.2 Å². The average molecular weight is 486 g/mol. The van der Waals surface area contributed by atoms with Crippen molar-refractivity contribution in [1.29, 1.82) is 0 Å². The average Bonchev–Trinajstić information content (AvgIpc) is 3.42. The Balaban J connectivity index is 1.60. The number of anilines is 1. The van der Waals surface area contributed by atoms with E-state index in [0.717, 1.165) is 5.56 Å². The molecule has 3 aromatic heterocycles. The normalized spacial score (nSPS) is 11.1. The number of aromatic nitrogens is 4. The SMILES string of the molecule is COc1ccc(CCn2c(SCC(=O)n3nc(N)cc3C)nc3ccsc3c2=O)cc1OC. The summed E-state index contributed by atoms with van der Waals surface area (Å²) in [4.78, 5) is 30.5. The largest absolute Gasteiger partial charge is 0.493 e. The number of aryl methyl sites for hydroxylation is 2. The molecule has 0 saturated heterocycles. The van der Waals surface area contributed by atoms with Gasteiger partial charge in [-0.1, -0.05) is 17.8 Å². The monoisotopic (exact) mass is 485 g/mol. The Morgan fingerprint density at radius 2 is 1.97 bits per heavy atom. The van der Waals surface area contributed by atoms with E-state index in [2.05, 4.69) is 10.1 Å². The van der Waals surface area contributed by atoms with Gasteiger partial charge in [-0.15, -0.1) is 16.4 Å². The first-order valence-corrected chi connectivity index (χ1v) is 11.9. The molecule has 0 spiro atoms. The first-order chi connectivity index (χ1) is 15.9. The molecule has 172 valence electrons. The molecule has 3 heterocycles. The number of thioether (sulfide) groups is 1. The van der Waals surface area contributed by atoms with Gasteiger partial charge in [0.1, 0.15) is 10.5 Å². The predicted molar refractivity (Wildman–Crippen MR) is 130 cm³/mol. The van der Waals surface area contributed by atoms with Crippen molar-refractivity contribution in [3.8, 4) is 11.5 Å². The maximum Gasteiger partial charge on any atom is 0.272 e. The van der Waals surface area contributed by atoms with Gasteiger partial charge < -0.3 is 15.2 Å². The number of rotatable bonds is 8. The highest BCUT2D eigenvalue weighted by Crippen LogP contribution is 2.28. The van der Waals surface area contributed by atoms with Crippen molar-refractivity contribution in [3.05, 3.63) is 57.3 Å². The Morgan fingerprint density at radius 1 is 1.18 bits per heavy atom. The fraction of sp³-hybridized carbons (Fsp3) is 0.273. The molecule has 0 unspecified atom stereocenters. The molecule has 9 nitrogen and oxygen atoms in total. The molecule has 0 fully saturated rings. The summed E-state index contributed by atoms with van der Waals surface area (Å²) in [6.45, 7) is 2.17. The number of carbonyl (C=O) groups excluding carboxylic acids is 1. The van der Waals surface area contributed by atoms with E-state index in [9.17, 15) is 9.59 Å². The fourth-order valence-electron chi connectivity index (χ4n) is 3.45. The van der Waals surface area contributed by atoms with E-state index in [1.165, 1.54) is 27.8 Å². The second-order valence-corrected chi connectivity index (χ2v) is 9.09. The quantitative estimate of drug-likeness (QED) is 0.299. The van der Waals surface area contributed by atoms with Crippen LogP contribution < -0.4 is 20.8 Å². The summed E-state index contributed by atoms with van der Waals surface area (Å²) in [6, 6.07) is 9.11. The number of nitrogen functional groups attached to an aromatic ring is 1. The third kappa shape index (κ3) is 4.74. The van der Waals surface area contributed by atoms with E-state index in [-0.39, 0.29) is 23.0 Å². The van der Waals surface area contributed by atoms with Crippen LogP contribution >= 0.6 is 23.1 Å². The molecule has 0 atom stereocenters. The van der Waals surface area contributed by atoms with Crippen molar-refractivity contribution in [2.45, 2.75) is 25.0 Å². The lowest BCUT2D eigenvalue weighted by Gasteiger charge is -2.13. The van der Waals surface area contributed by atoms with Crippen molar-refractivity contribution in [1.82, 2.24) is 19.3 Å². The van der Waals surface area contributed by atoms with Crippen LogP contribution in [0.2, 0.25) is 0 Å². The maximum absolute atomic E-state index is 13.2. The van der Waals surface area contributed by atoms with Gasteiger partial charge in [0.25, 0.3) is 11.5 Å². The van der Waals surface area contributed by atoms with E-state index >= 15 is 0 Å². The molecule has 33 heavy (non-hydrogen) atoms. The highest BCUT2D eigenvalue weighted by molar-refractivity contribution is 7.99. The molecular formula is C22H23N5O4S2. The molecule has 0 aliphatic rings. The summed E-state index contributed by atoms with van der Waals surface area (Å²) >= 11 is 2.57. The van der Waals surface area contributed by atoms with Crippen molar-refractivity contribution in [2.75, 3.05) is 25.7 Å². The van der Waals surface area contributed by atoms with Crippen LogP contribution in [-0.2, 0) is 13.0 Å². The minimum atomic E-state index is -0.236.